The molecule has 0 aliphatic carbocycles. The van der Waals surface area contributed by atoms with Gasteiger partial charge in [0.15, 0.2) is 0 Å². The van der Waals surface area contributed by atoms with Crippen molar-refractivity contribution in [3.05, 3.63) is 71.8 Å². The molecule has 9 heteroatoms. The molecule has 0 saturated heterocycles. The van der Waals surface area contributed by atoms with Crippen molar-refractivity contribution in [2.45, 2.75) is 22.9 Å². The number of hydrogen-bond acceptors (Lipinski definition) is 3. The smallest absolute Gasteiger partial charge is 0.298 e. The molecule has 0 heterocycles. The Labute approximate surface area is 166 Å². The summed E-state index contributed by atoms with van der Waals surface area (Å²) in [7, 11) is 0. The predicted molar refractivity (Wildman–Crippen MR) is 100 cm³/mol. The Morgan fingerprint density at radius 1 is 0.679 bits per heavy atom. The zero-order valence-corrected chi connectivity index (χ0v) is 16.0. The summed E-state index contributed by atoms with van der Waals surface area (Å²) in [5.74, 6) is -4.19. The van der Waals surface area contributed by atoms with Gasteiger partial charge in [0.1, 0.15) is 5.78 Å². The lowest BCUT2D eigenvalue weighted by molar-refractivity contribution is -0.121. The average Bonchev–Trinajstić information content (AvgIpc) is 2.62. The summed E-state index contributed by atoms with van der Waals surface area (Å²) in [6.07, 6.45) is 0. The first kappa shape index (κ1) is 22.7. The van der Waals surface area contributed by atoms with Crippen molar-refractivity contribution in [1.29, 1.82) is 0 Å². The van der Waals surface area contributed by atoms with Gasteiger partial charge in [-0.3, -0.25) is 4.79 Å². The van der Waals surface area contributed by atoms with Crippen LogP contribution in [-0.4, -0.2) is 28.3 Å². The minimum absolute atomic E-state index is 0.349. The zero-order valence-electron chi connectivity index (χ0n) is 14.3. The van der Waals surface area contributed by atoms with Crippen LogP contribution in [0.3, 0.4) is 0 Å². The molecule has 0 N–H and O–H groups in total. The third kappa shape index (κ3) is 7.43. The van der Waals surface area contributed by atoms with Crippen molar-refractivity contribution in [2.75, 3.05) is 11.5 Å². The number of alkyl halides is 6. The molecule has 0 aliphatic rings. The van der Waals surface area contributed by atoms with Gasteiger partial charge in [-0.2, -0.15) is 26.3 Å². The summed E-state index contributed by atoms with van der Waals surface area (Å²) >= 11 is -0.698. The van der Waals surface area contributed by atoms with Gasteiger partial charge in [-0.1, -0.05) is 60.7 Å². The number of rotatable bonds is 8. The van der Waals surface area contributed by atoms with Gasteiger partial charge in [0, 0.05) is 11.5 Å². The number of hydrogen-bond donors (Lipinski definition) is 0. The molecule has 2 unspecified atom stereocenters. The van der Waals surface area contributed by atoms with Gasteiger partial charge in [-0.25, -0.2) is 0 Å². The number of benzene rings is 2. The maximum Gasteiger partial charge on any atom is 0.441 e. The van der Waals surface area contributed by atoms with Crippen LogP contribution in [0.15, 0.2) is 60.7 Å². The Bertz CT molecular complexity index is 683. The topological polar surface area (TPSA) is 17.1 Å². The molecular weight excluding hydrogens is 422 g/mol. The van der Waals surface area contributed by atoms with Crippen LogP contribution >= 0.6 is 23.5 Å². The van der Waals surface area contributed by atoms with Crippen molar-refractivity contribution in [2.24, 2.45) is 0 Å². The van der Waals surface area contributed by atoms with E-state index in [2.05, 4.69) is 0 Å². The molecule has 0 amide bonds. The largest absolute Gasteiger partial charge is 0.441 e. The molecule has 0 saturated carbocycles. The van der Waals surface area contributed by atoms with E-state index in [9.17, 15) is 31.1 Å². The van der Waals surface area contributed by atoms with Crippen LogP contribution in [0.25, 0.3) is 0 Å². The van der Waals surface area contributed by atoms with E-state index >= 15 is 0 Å². The Hall–Kier alpha value is -1.61. The van der Waals surface area contributed by atoms with E-state index in [1.54, 1.807) is 36.4 Å². The lowest BCUT2D eigenvalue weighted by atomic mass is 9.85. The molecule has 2 aromatic rings. The Balaban J connectivity index is 2.35. The van der Waals surface area contributed by atoms with E-state index in [0.717, 1.165) is 0 Å². The van der Waals surface area contributed by atoms with E-state index < -0.39 is 40.1 Å². The Kier molecular flexibility index (Phi) is 7.88. The zero-order chi connectivity index (χ0) is 20.8. The van der Waals surface area contributed by atoms with Crippen LogP contribution in [0.2, 0.25) is 0 Å². The van der Waals surface area contributed by atoms with Crippen LogP contribution in [-0.2, 0) is 4.79 Å². The molecule has 0 spiro atoms. The van der Waals surface area contributed by atoms with Crippen molar-refractivity contribution in [3.63, 3.8) is 0 Å². The van der Waals surface area contributed by atoms with E-state index in [4.69, 9.17) is 0 Å². The highest BCUT2D eigenvalue weighted by Gasteiger charge is 2.37. The highest BCUT2D eigenvalue weighted by atomic mass is 32.2. The van der Waals surface area contributed by atoms with E-state index in [1.165, 1.54) is 24.3 Å². The molecule has 2 aromatic carbocycles. The SMILES string of the molecule is O=C(C(CSC(F)(F)F)c1ccccc1)C(CSC(F)(F)F)c1ccccc1. The minimum Gasteiger partial charge on any atom is -0.298 e. The number of thioether (sulfide) groups is 2. The first-order valence-electron chi connectivity index (χ1n) is 8.12. The number of halogens is 6. The van der Waals surface area contributed by atoms with Crippen LogP contribution in [0.1, 0.15) is 23.0 Å². The third-order valence-electron chi connectivity index (χ3n) is 3.92. The van der Waals surface area contributed by atoms with Gasteiger partial charge < -0.3 is 0 Å². The van der Waals surface area contributed by atoms with E-state index in [0.29, 0.717) is 11.1 Å². The summed E-state index contributed by atoms with van der Waals surface area (Å²) in [5, 5.41) is 0. The monoisotopic (exact) mass is 438 g/mol. The molecule has 2 atom stereocenters. The van der Waals surface area contributed by atoms with Crippen molar-refractivity contribution >= 4 is 29.3 Å². The molecule has 0 aliphatic heterocycles. The molecule has 28 heavy (non-hydrogen) atoms. The fourth-order valence-corrected chi connectivity index (χ4v) is 4.08. The number of carbonyl (C=O) groups is 1. The molecule has 152 valence electrons. The lowest BCUT2D eigenvalue weighted by Crippen LogP contribution is -2.26. The lowest BCUT2D eigenvalue weighted by Gasteiger charge is -2.24. The average molecular weight is 438 g/mol. The summed E-state index contributed by atoms with van der Waals surface area (Å²) in [5.41, 5.74) is -8.39. The second kappa shape index (κ2) is 9.73. The molecule has 0 bridgehead atoms. The highest BCUT2D eigenvalue weighted by molar-refractivity contribution is 8.00. The maximum absolute atomic E-state index is 13.1. The van der Waals surface area contributed by atoms with E-state index in [1.807, 2.05) is 0 Å². The summed E-state index contributed by atoms with van der Waals surface area (Å²) in [4.78, 5) is 13.1. The minimum atomic E-state index is -4.55. The van der Waals surface area contributed by atoms with Gasteiger partial charge in [0.25, 0.3) is 0 Å². The Morgan fingerprint density at radius 2 is 1.00 bits per heavy atom. The molecule has 0 aromatic heterocycles. The van der Waals surface area contributed by atoms with Gasteiger partial charge in [-0.05, 0) is 34.7 Å². The molecule has 1 nitrogen and oxygen atoms in total. The highest BCUT2D eigenvalue weighted by Crippen LogP contribution is 2.39. The number of carbonyl (C=O) groups excluding carboxylic acids is 1. The maximum atomic E-state index is 13.1. The molecular formula is C19H16F6OS2. The Morgan fingerprint density at radius 3 is 1.29 bits per heavy atom. The van der Waals surface area contributed by atoms with Crippen molar-refractivity contribution in [3.8, 4) is 0 Å². The summed E-state index contributed by atoms with van der Waals surface area (Å²) in [6, 6.07) is 15.7. The third-order valence-corrected chi connectivity index (χ3v) is 5.57. The normalized spacial score (nSPS) is 14.5. The number of ketones is 1. The van der Waals surface area contributed by atoms with Crippen LogP contribution in [0, 0.1) is 0 Å². The van der Waals surface area contributed by atoms with Gasteiger partial charge in [-0.15, -0.1) is 0 Å². The summed E-state index contributed by atoms with van der Waals surface area (Å²) in [6.45, 7) is 0. The van der Waals surface area contributed by atoms with Crippen molar-refractivity contribution in [1.82, 2.24) is 0 Å². The fraction of sp³-hybridized carbons (Fsp3) is 0.316. The predicted octanol–water partition coefficient (Wildman–Crippen LogP) is 6.63. The van der Waals surface area contributed by atoms with Crippen LogP contribution in [0.5, 0.6) is 0 Å². The van der Waals surface area contributed by atoms with Gasteiger partial charge in [0.05, 0.1) is 11.8 Å². The van der Waals surface area contributed by atoms with Gasteiger partial charge >= 0.3 is 11.0 Å². The quantitative estimate of drug-likeness (QED) is 0.431. The van der Waals surface area contributed by atoms with Gasteiger partial charge in [0.2, 0.25) is 0 Å². The van der Waals surface area contributed by atoms with Crippen molar-refractivity contribution < 1.29 is 31.1 Å². The standard InChI is InChI=1S/C19H16F6OS2/c20-18(21,22)27-11-15(13-7-3-1-4-8-13)17(26)16(12-28-19(23,24)25)14-9-5-2-6-10-14/h1-10,15-16H,11-12H2. The summed E-state index contributed by atoms with van der Waals surface area (Å²) < 4.78 is 76.3. The molecule has 2 rings (SSSR count). The van der Waals surface area contributed by atoms with Crippen LogP contribution in [0.4, 0.5) is 26.3 Å². The van der Waals surface area contributed by atoms with Crippen LogP contribution < -0.4 is 0 Å². The number of Topliss-reactive ketones (excluding diaryl/α,β-unsaturated/α-hetero) is 1. The fourth-order valence-electron chi connectivity index (χ4n) is 2.65. The second-order valence-corrected chi connectivity index (χ2v) is 8.01. The molecule has 0 radical (unpaired) electrons. The second-order valence-electron chi connectivity index (χ2n) is 5.84. The molecule has 0 fully saturated rings. The first-order valence-corrected chi connectivity index (χ1v) is 10.1. The first-order chi connectivity index (χ1) is 13.1. The van der Waals surface area contributed by atoms with E-state index in [-0.39, 0.29) is 23.5 Å².